The molecule has 37 heavy (non-hydrogen) atoms. The second-order valence-corrected chi connectivity index (χ2v) is 8.36. The van der Waals surface area contributed by atoms with Gasteiger partial charge in [0.25, 0.3) is 17.7 Å². The van der Waals surface area contributed by atoms with E-state index in [2.05, 4.69) is 5.32 Å². The first-order valence-electron chi connectivity index (χ1n) is 11.4. The van der Waals surface area contributed by atoms with Gasteiger partial charge in [0.2, 0.25) is 0 Å². The molecule has 0 aliphatic carbocycles. The molecule has 0 saturated carbocycles. The predicted octanol–water partition coefficient (Wildman–Crippen LogP) is 4.50. The number of carbonyl (C=O) groups excluding carboxylic acids is 4. The van der Waals surface area contributed by atoms with Crippen LogP contribution in [0.5, 0.6) is 0 Å². The zero-order chi connectivity index (χ0) is 25.9. The van der Waals surface area contributed by atoms with Crippen molar-refractivity contribution in [2.24, 2.45) is 0 Å². The number of carbonyl (C=O) groups is 4. The maximum atomic E-state index is 13.2. The average Bonchev–Trinajstić information content (AvgIpc) is 2.92. The Labute approximate surface area is 211 Å². The molecule has 3 amide bonds. The van der Waals surface area contributed by atoms with Crippen LogP contribution in [0.1, 0.15) is 36.6 Å². The van der Waals surface area contributed by atoms with Crippen LogP contribution >= 0.6 is 0 Å². The highest BCUT2D eigenvalue weighted by Crippen LogP contribution is 2.32. The van der Waals surface area contributed by atoms with E-state index in [1.54, 1.807) is 48.5 Å². The van der Waals surface area contributed by atoms with E-state index in [0.29, 0.717) is 27.9 Å². The normalized spacial score (nSPS) is 12.2. The third-order valence-corrected chi connectivity index (χ3v) is 5.99. The van der Waals surface area contributed by atoms with Gasteiger partial charge in [-0.1, -0.05) is 36.4 Å². The smallest absolute Gasteiger partial charge is 0.338 e. The molecule has 1 heterocycles. The number of anilines is 2. The fraction of sp³-hybridized carbons (Fsp3) is 0.0690. The van der Waals surface area contributed by atoms with Crippen LogP contribution < -0.4 is 10.2 Å². The quantitative estimate of drug-likeness (QED) is 0.315. The van der Waals surface area contributed by atoms with Crippen molar-refractivity contribution in [3.8, 4) is 6.07 Å². The number of hydrogen-bond donors (Lipinski definition) is 1. The molecule has 1 N–H and O–H groups in total. The molecule has 0 saturated heterocycles. The summed E-state index contributed by atoms with van der Waals surface area (Å²) >= 11 is 0. The number of nitriles is 1. The summed E-state index contributed by atoms with van der Waals surface area (Å²) in [5.74, 6) is -2.13. The van der Waals surface area contributed by atoms with Gasteiger partial charge in [-0.15, -0.1) is 0 Å². The summed E-state index contributed by atoms with van der Waals surface area (Å²) in [5.41, 5.74) is 2.68. The van der Waals surface area contributed by atoms with E-state index >= 15 is 0 Å². The van der Waals surface area contributed by atoms with Crippen LogP contribution in [-0.2, 0) is 16.0 Å². The number of rotatable bonds is 6. The number of amides is 3. The van der Waals surface area contributed by atoms with Gasteiger partial charge in [0.15, 0.2) is 6.61 Å². The minimum Gasteiger partial charge on any atom is -0.452 e. The fourth-order valence-corrected chi connectivity index (χ4v) is 4.22. The monoisotopic (exact) mass is 489 g/mol. The molecule has 0 atom stereocenters. The van der Waals surface area contributed by atoms with Gasteiger partial charge < -0.3 is 10.1 Å². The van der Waals surface area contributed by atoms with Gasteiger partial charge >= 0.3 is 5.97 Å². The molecule has 1 aliphatic heterocycles. The van der Waals surface area contributed by atoms with Crippen LogP contribution in [0, 0.1) is 11.3 Å². The van der Waals surface area contributed by atoms with Gasteiger partial charge in [-0.3, -0.25) is 14.4 Å². The van der Waals surface area contributed by atoms with Crippen molar-refractivity contribution >= 4 is 45.8 Å². The molecule has 0 spiro atoms. The van der Waals surface area contributed by atoms with E-state index in [4.69, 9.17) is 10.00 Å². The van der Waals surface area contributed by atoms with Gasteiger partial charge in [0.1, 0.15) is 0 Å². The SMILES string of the molecule is N#CCc1ccc(NC(=O)COC(=O)c2ccc(N3C(=O)c4cccc5cccc(c45)C3=O)cc2)cc1. The second-order valence-electron chi connectivity index (χ2n) is 8.36. The van der Waals surface area contributed by atoms with Crippen molar-refractivity contribution in [2.45, 2.75) is 6.42 Å². The first kappa shape index (κ1) is 23.5. The maximum absolute atomic E-state index is 13.2. The first-order chi connectivity index (χ1) is 18.0. The maximum Gasteiger partial charge on any atom is 0.338 e. The molecule has 0 fully saturated rings. The summed E-state index contributed by atoms with van der Waals surface area (Å²) in [6, 6.07) is 25.3. The summed E-state index contributed by atoms with van der Waals surface area (Å²) in [5, 5.41) is 12.8. The first-order valence-corrected chi connectivity index (χ1v) is 11.4. The number of benzene rings is 4. The van der Waals surface area contributed by atoms with Gasteiger partial charge in [0, 0.05) is 22.2 Å². The number of imide groups is 1. The summed E-state index contributed by atoms with van der Waals surface area (Å²) in [4.78, 5) is 52.0. The summed E-state index contributed by atoms with van der Waals surface area (Å²) < 4.78 is 5.10. The van der Waals surface area contributed by atoms with Crippen molar-refractivity contribution in [1.82, 2.24) is 0 Å². The van der Waals surface area contributed by atoms with Gasteiger partial charge in [-0.05, 0) is 59.5 Å². The van der Waals surface area contributed by atoms with E-state index in [0.717, 1.165) is 15.8 Å². The highest BCUT2D eigenvalue weighted by Gasteiger charge is 2.33. The fourth-order valence-electron chi connectivity index (χ4n) is 4.22. The van der Waals surface area contributed by atoms with Crippen molar-refractivity contribution in [2.75, 3.05) is 16.8 Å². The van der Waals surface area contributed by atoms with Crippen LogP contribution in [0.4, 0.5) is 11.4 Å². The minimum atomic E-state index is -0.725. The molecule has 1 aliphatic rings. The molecule has 0 aromatic heterocycles. The lowest BCUT2D eigenvalue weighted by Crippen LogP contribution is -2.40. The third-order valence-electron chi connectivity index (χ3n) is 5.99. The zero-order valence-electron chi connectivity index (χ0n) is 19.4. The van der Waals surface area contributed by atoms with E-state index in [1.165, 1.54) is 24.3 Å². The summed E-state index contributed by atoms with van der Waals surface area (Å²) in [7, 11) is 0. The Morgan fingerprint density at radius 2 is 1.46 bits per heavy atom. The van der Waals surface area contributed by atoms with Crippen LogP contribution in [0.25, 0.3) is 10.8 Å². The molecule has 4 aromatic rings. The van der Waals surface area contributed by atoms with Crippen molar-refractivity contribution < 1.29 is 23.9 Å². The van der Waals surface area contributed by atoms with Gasteiger partial charge in [-0.2, -0.15) is 5.26 Å². The topological polar surface area (TPSA) is 117 Å². The Balaban J connectivity index is 1.24. The Morgan fingerprint density at radius 1 is 0.838 bits per heavy atom. The second kappa shape index (κ2) is 9.76. The molecule has 0 radical (unpaired) electrons. The number of ether oxygens (including phenoxy) is 1. The average molecular weight is 489 g/mol. The Kier molecular flexibility index (Phi) is 6.18. The van der Waals surface area contributed by atoms with E-state index in [9.17, 15) is 19.2 Å². The zero-order valence-corrected chi connectivity index (χ0v) is 19.4. The lowest BCUT2D eigenvalue weighted by molar-refractivity contribution is -0.119. The standard InChI is InChI=1S/C29H19N3O5/c30-16-15-18-7-11-21(12-8-18)31-25(33)17-37-29(36)20-9-13-22(14-10-20)32-27(34)23-5-1-3-19-4-2-6-24(26(19)23)28(32)35/h1-14H,15,17H2,(H,31,33). The van der Waals surface area contributed by atoms with Crippen LogP contribution in [0.2, 0.25) is 0 Å². The number of hydrogen-bond acceptors (Lipinski definition) is 6. The molecule has 5 rings (SSSR count). The predicted molar refractivity (Wildman–Crippen MR) is 136 cm³/mol. The van der Waals surface area contributed by atoms with Crippen molar-refractivity contribution in [3.05, 3.63) is 107 Å². The molecule has 4 aromatic carbocycles. The molecular formula is C29H19N3O5. The van der Waals surface area contributed by atoms with Crippen molar-refractivity contribution in [3.63, 3.8) is 0 Å². The summed E-state index contributed by atoms with van der Waals surface area (Å²) in [6.07, 6.45) is 0.272. The van der Waals surface area contributed by atoms with Gasteiger partial charge in [0.05, 0.1) is 23.7 Å². The minimum absolute atomic E-state index is 0.164. The highest BCUT2D eigenvalue weighted by molar-refractivity contribution is 6.35. The highest BCUT2D eigenvalue weighted by atomic mass is 16.5. The number of nitrogens with zero attached hydrogens (tertiary/aromatic N) is 2. The number of esters is 1. The summed E-state index contributed by atoms with van der Waals surface area (Å²) in [6.45, 7) is -0.496. The largest absolute Gasteiger partial charge is 0.452 e. The van der Waals surface area contributed by atoms with Crippen LogP contribution in [0.3, 0.4) is 0 Å². The molecule has 8 nitrogen and oxygen atoms in total. The van der Waals surface area contributed by atoms with Crippen molar-refractivity contribution in [1.29, 1.82) is 5.26 Å². The van der Waals surface area contributed by atoms with Crippen LogP contribution in [-0.4, -0.2) is 30.3 Å². The Morgan fingerprint density at radius 3 is 2.05 bits per heavy atom. The molecule has 0 bridgehead atoms. The Bertz CT molecular complexity index is 1550. The number of nitrogens with one attached hydrogen (secondary N) is 1. The lowest BCUT2D eigenvalue weighted by Gasteiger charge is -2.27. The molecule has 180 valence electrons. The van der Waals surface area contributed by atoms with E-state index < -0.39 is 30.3 Å². The van der Waals surface area contributed by atoms with E-state index in [-0.39, 0.29) is 12.0 Å². The molecule has 0 unspecified atom stereocenters. The third kappa shape index (κ3) is 4.54. The molecular weight excluding hydrogens is 470 g/mol. The van der Waals surface area contributed by atoms with Gasteiger partial charge in [-0.25, -0.2) is 9.69 Å². The van der Waals surface area contributed by atoms with E-state index in [1.807, 2.05) is 18.2 Å². The Hall–Kier alpha value is -5.29. The molecule has 8 heteroatoms. The lowest BCUT2D eigenvalue weighted by atomic mass is 9.94. The van der Waals surface area contributed by atoms with Crippen LogP contribution in [0.15, 0.2) is 84.9 Å².